The van der Waals surface area contributed by atoms with Gasteiger partial charge in [-0.3, -0.25) is 0 Å². The van der Waals surface area contributed by atoms with Crippen LogP contribution in [-0.4, -0.2) is 0 Å². The van der Waals surface area contributed by atoms with E-state index in [4.69, 9.17) is 0 Å². The lowest BCUT2D eigenvalue weighted by Crippen LogP contribution is -1.19. The van der Waals surface area contributed by atoms with Crippen molar-refractivity contribution in [2.45, 2.75) is 0 Å². The molecular weight excluding hydrogens is 128 g/mol. The molecule has 26 valence electrons. The Morgan fingerprint density at radius 2 is 2.25 bits per heavy atom. The maximum Gasteiger partial charge on any atom is -0.0272 e. The second-order valence-corrected chi connectivity index (χ2v) is 4.22. The number of rotatable bonds is 1. The third-order valence-corrected chi connectivity index (χ3v) is 2.70. The van der Waals surface area contributed by atoms with Gasteiger partial charge < -0.3 is 0 Å². The molecule has 0 aliphatic heterocycles. The molecule has 0 unspecified atom stereocenters. The van der Waals surface area contributed by atoms with Crippen LogP contribution >= 0.6 is 21.5 Å². The van der Waals surface area contributed by atoms with E-state index in [-0.39, 0.29) is 0 Å². The molecule has 0 atom stereocenters. The molecule has 0 rings (SSSR count). The summed E-state index contributed by atoms with van der Waals surface area (Å²) in [5, 5.41) is 0. The van der Waals surface area contributed by atoms with Gasteiger partial charge in [-0.15, -0.1) is 0 Å². The molecule has 0 aliphatic carbocycles. The van der Waals surface area contributed by atoms with Gasteiger partial charge in [-0.05, 0) is 21.0 Å². The van der Waals surface area contributed by atoms with Crippen molar-refractivity contribution in [1.82, 2.24) is 0 Å². The fourth-order valence-corrected chi connectivity index (χ4v) is 0. The van der Waals surface area contributed by atoms with E-state index in [1.807, 2.05) is 0 Å². The predicted octanol–water partition coefficient (Wildman–Crippen LogP) is 0.756. The Kier molecular flexibility index (Phi) is 5.63. The molecule has 0 fully saturated rings. The van der Waals surface area contributed by atoms with Crippen molar-refractivity contribution >= 4 is 42.0 Å². The molecule has 0 radical (unpaired) electrons. The quantitative estimate of drug-likeness (QED) is 0.397. The lowest BCUT2D eigenvalue weighted by Gasteiger charge is -1.56. The highest BCUT2D eigenvalue weighted by molar-refractivity contribution is 9.03. The highest BCUT2D eigenvalue weighted by Gasteiger charge is 1.46. The van der Waals surface area contributed by atoms with Crippen molar-refractivity contribution in [3.63, 3.8) is 0 Å². The van der Waals surface area contributed by atoms with E-state index in [0.717, 1.165) is 9.35 Å². The molecule has 4 heteroatoms. The van der Waals surface area contributed by atoms with Gasteiger partial charge in [0.25, 0.3) is 0 Å². The molecule has 0 saturated carbocycles. The van der Waals surface area contributed by atoms with Crippen LogP contribution in [0.15, 0.2) is 0 Å². The predicted molar refractivity (Wildman–Crippen MR) is 32.7 cm³/mol. The van der Waals surface area contributed by atoms with Gasteiger partial charge >= 0.3 is 0 Å². The maximum absolute atomic E-state index is 4.41. The summed E-state index contributed by atoms with van der Waals surface area (Å²) < 4.78 is 0. The zero-order valence-corrected chi connectivity index (χ0v) is 5.13. The van der Waals surface area contributed by atoms with Gasteiger partial charge in [-0.2, -0.15) is 0 Å². The molecule has 4 heavy (non-hydrogen) atoms. The molecule has 0 N–H and O–H groups in total. The van der Waals surface area contributed by atoms with Crippen LogP contribution in [0.1, 0.15) is 0 Å². The second kappa shape index (κ2) is 4.27. The van der Waals surface area contributed by atoms with E-state index < -0.39 is 0 Å². The van der Waals surface area contributed by atoms with Crippen LogP contribution in [0.25, 0.3) is 0 Å². The Balaban J connectivity index is 2.30. The first-order chi connectivity index (χ1) is 1.91. The van der Waals surface area contributed by atoms with Crippen LogP contribution in [0.5, 0.6) is 0 Å². The van der Waals surface area contributed by atoms with Crippen LogP contribution in [-0.2, 0) is 20.5 Å². The van der Waals surface area contributed by atoms with Crippen molar-refractivity contribution in [1.29, 1.82) is 0 Å². The average molecular weight is 130 g/mol. The van der Waals surface area contributed by atoms with Crippen molar-refractivity contribution in [2.24, 2.45) is 0 Å². The molecular formula is H2S4. The molecule has 0 nitrogen and oxygen atoms in total. The third kappa shape index (κ3) is 3.27. The van der Waals surface area contributed by atoms with Gasteiger partial charge in [-0.25, -0.2) is 0 Å². The summed E-state index contributed by atoms with van der Waals surface area (Å²) in [5.41, 5.74) is 0. The van der Waals surface area contributed by atoms with E-state index in [9.17, 15) is 0 Å². The van der Waals surface area contributed by atoms with E-state index in [0.29, 0.717) is 0 Å². The number of thiol groups is 2. The fraction of sp³-hybridized carbons (Fsp3) is 0. The van der Waals surface area contributed by atoms with E-state index in [1.165, 1.54) is 9.83 Å². The van der Waals surface area contributed by atoms with Crippen LogP contribution < -0.4 is 0 Å². The van der Waals surface area contributed by atoms with Crippen molar-refractivity contribution in [3.8, 4) is 0 Å². The highest BCUT2D eigenvalue weighted by atomic mass is 33.6. The van der Waals surface area contributed by atoms with E-state index >= 15 is 0 Å². The van der Waals surface area contributed by atoms with Gasteiger partial charge in [-0.1, -0.05) is 21.0 Å². The van der Waals surface area contributed by atoms with Crippen LogP contribution in [0, 0.1) is 0 Å². The topological polar surface area (TPSA) is 0 Å². The molecule has 0 aromatic carbocycles. The summed E-state index contributed by atoms with van der Waals surface area (Å²) in [4.78, 5) is 0. The first-order valence-corrected chi connectivity index (χ1v) is 4.93. The fourth-order valence-electron chi connectivity index (χ4n) is 0. The highest BCUT2D eigenvalue weighted by Crippen LogP contribution is 1.98. The van der Waals surface area contributed by atoms with Crippen LogP contribution in [0.2, 0.25) is 0 Å². The van der Waals surface area contributed by atoms with Crippen LogP contribution in [0.4, 0.5) is 0 Å². The zero-order valence-electron chi connectivity index (χ0n) is 1.71. The van der Waals surface area contributed by atoms with Gasteiger partial charge in [0.2, 0.25) is 0 Å². The second-order valence-electron chi connectivity index (χ2n) is 0.156. The summed E-state index contributed by atoms with van der Waals surface area (Å²) in [6.07, 6.45) is 0. The number of hydrogen-bond donors (Lipinski definition) is 2. The summed E-state index contributed by atoms with van der Waals surface area (Å²) >= 11 is 8.13. The normalized spacial score (nSPS) is 7.25. The summed E-state index contributed by atoms with van der Waals surface area (Å²) in [5.74, 6) is 0. The first kappa shape index (κ1) is 5.27. The molecule has 0 heterocycles. The minimum absolute atomic E-state index is 0.863. The largest absolute Gasteiger partial charge is 0.0997 e. The van der Waals surface area contributed by atoms with Gasteiger partial charge in [0.15, 0.2) is 0 Å². The van der Waals surface area contributed by atoms with E-state index in [2.05, 4.69) is 22.8 Å². The van der Waals surface area contributed by atoms with Crippen molar-refractivity contribution < 1.29 is 0 Å². The minimum Gasteiger partial charge on any atom is -0.0997 e. The van der Waals surface area contributed by atoms with Crippen LogP contribution in [0.3, 0.4) is 0 Å². The molecule has 0 aliphatic rings. The van der Waals surface area contributed by atoms with Gasteiger partial charge in [0, 0.05) is 0 Å². The molecule has 0 bridgehead atoms. The molecule has 0 aromatic rings. The summed E-state index contributed by atoms with van der Waals surface area (Å²) in [6.45, 7) is 0. The Hall–Kier alpha value is 1.27. The Morgan fingerprint density at radius 1 is 2.00 bits per heavy atom. The number of hydrogen-bond acceptors (Lipinski definition) is 3. The Labute approximate surface area is 42.2 Å². The van der Waals surface area contributed by atoms with Gasteiger partial charge in [0.1, 0.15) is 0 Å². The summed E-state index contributed by atoms with van der Waals surface area (Å²) in [6, 6.07) is 0. The Bertz CT molecular complexity index is 14.0. The molecule has 0 aromatic heterocycles. The van der Waals surface area contributed by atoms with Crippen molar-refractivity contribution in [3.05, 3.63) is 0 Å². The lowest BCUT2D eigenvalue weighted by molar-refractivity contribution is 5.99. The standard InChI is InChI=1S/H2S4/c1-3-4-2/h1,4H. The van der Waals surface area contributed by atoms with Gasteiger partial charge in [0.05, 0.1) is 0 Å². The summed E-state index contributed by atoms with van der Waals surface area (Å²) in [7, 11) is 2.20. The SMILES string of the molecule is S=[SH]SS. The smallest absolute Gasteiger partial charge is 0.0272 e. The monoisotopic (exact) mass is 130 g/mol. The minimum atomic E-state index is 0.863. The zero-order chi connectivity index (χ0) is 3.41. The van der Waals surface area contributed by atoms with E-state index in [1.54, 1.807) is 0 Å². The first-order valence-electron chi connectivity index (χ1n) is 0.548. The third-order valence-electron chi connectivity index (χ3n) is 0.0333. The maximum atomic E-state index is 4.41. The molecule has 0 saturated heterocycles. The molecule has 0 amide bonds. The molecule has 0 spiro atoms. The Morgan fingerprint density at radius 3 is 2.25 bits per heavy atom. The average Bonchev–Trinajstić information content (AvgIpc) is 1.37. The lowest BCUT2D eigenvalue weighted by atomic mass is 30.6. The van der Waals surface area contributed by atoms with Crippen molar-refractivity contribution in [2.75, 3.05) is 0 Å².